The van der Waals surface area contributed by atoms with E-state index in [1.807, 2.05) is 4.90 Å². The summed E-state index contributed by atoms with van der Waals surface area (Å²) in [5.74, 6) is 0.575. The number of carbonyl (C=O) groups excluding carboxylic acids is 1. The van der Waals surface area contributed by atoms with E-state index in [4.69, 9.17) is 4.42 Å². The maximum atomic E-state index is 12.1. The molecule has 0 radical (unpaired) electrons. The van der Waals surface area contributed by atoms with Crippen molar-refractivity contribution in [3.63, 3.8) is 0 Å². The number of thioether (sulfide) groups is 1. The number of H-pyrrole nitrogens is 2. The number of rotatable bonds is 5. The fraction of sp³-hybridized carbons (Fsp3) is 0.533. The molecule has 0 atom stereocenters. The monoisotopic (exact) mass is 365 g/mol. The number of aryl methyl sites for hydroxylation is 1. The third-order valence-corrected chi connectivity index (χ3v) is 4.86. The number of likely N-dealkylation sites (tertiary alicyclic amines) is 1. The first-order chi connectivity index (χ1) is 12.0. The van der Waals surface area contributed by atoms with Crippen molar-refractivity contribution < 1.29 is 9.21 Å². The molecule has 1 amide bonds. The first-order valence-electron chi connectivity index (χ1n) is 8.08. The summed E-state index contributed by atoms with van der Waals surface area (Å²) in [6.45, 7) is 3.25. The van der Waals surface area contributed by atoms with E-state index in [1.165, 1.54) is 18.2 Å². The highest BCUT2D eigenvalue weighted by molar-refractivity contribution is 7.99. The van der Waals surface area contributed by atoms with Crippen LogP contribution in [0.1, 0.15) is 36.4 Å². The van der Waals surface area contributed by atoms with Gasteiger partial charge >= 0.3 is 5.69 Å². The molecule has 10 heteroatoms. The predicted molar refractivity (Wildman–Crippen MR) is 90.7 cm³/mol. The second-order valence-corrected chi connectivity index (χ2v) is 6.81. The number of aromatic amines is 2. The zero-order valence-corrected chi connectivity index (χ0v) is 14.6. The van der Waals surface area contributed by atoms with Crippen LogP contribution < -0.4 is 11.2 Å². The molecule has 0 aromatic carbocycles. The van der Waals surface area contributed by atoms with Gasteiger partial charge in [0.15, 0.2) is 0 Å². The number of piperidine rings is 1. The average Bonchev–Trinajstić information content (AvgIpc) is 3.04. The molecule has 1 aliphatic rings. The van der Waals surface area contributed by atoms with Crippen LogP contribution in [0.4, 0.5) is 0 Å². The number of amides is 1. The Morgan fingerprint density at radius 1 is 1.20 bits per heavy atom. The Morgan fingerprint density at radius 3 is 2.68 bits per heavy atom. The van der Waals surface area contributed by atoms with Crippen LogP contribution in [0.3, 0.4) is 0 Å². The van der Waals surface area contributed by atoms with Gasteiger partial charge < -0.3 is 14.3 Å². The number of carbonyl (C=O) groups is 1. The minimum atomic E-state index is -0.552. The van der Waals surface area contributed by atoms with Gasteiger partial charge in [-0.3, -0.25) is 14.6 Å². The third-order valence-electron chi connectivity index (χ3n) is 4.06. The fourth-order valence-electron chi connectivity index (χ4n) is 2.72. The maximum Gasteiger partial charge on any atom is 0.325 e. The molecule has 1 aliphatic heterocycles. The molecule has 3 heterocycles. The van der Waals surface area contributed by atoms with Crippen LogP contribution in [0.15, 0.2) is 19.2 Å². The standard InChI is InChI=1S/C15H19N5O4S/c1-9-10(13(22)17-14(23)16-9)7-11-18-19-15(24-11)25-8-12(21)20-5-3-2-4-6-20/h2-8H2,1H3,(H2,16,17,22,23). The predicted octanol–water partition coefficient (Wildman–Crippen LogP) is 0.450. The Labute approximate surface area is 147 Å². The normalized spacial score (nSPS) is 14.7. The Hall–Kier alpha value is -2.36. The van der Waals surface area contributed by atoms with Gasteiger partial charge in [0, 0.05) is 24.3 Å². The summed E-state index contributed by atoms with van der Waals surface area (Å²) in [5.41, 5.74) is -0.205. The summed E-state index contributed by atoms with van der Waals surface area (Å²) in [6, 6.07) is 0. The lowest BCUT2D eigenvalue weighted by atomic mass is 10.1. The van der Waals surface area contributed by atoms with Gasteiger partial charge in [-0.25, -0.2) is 4.79 Å². The molecule has 0 spiro atoms. The zero-order valence-electron chi connectivity index (χ0n) is 13.8. The molecule has 1 fully saturated rings. The largest absolute Gasteiger partial charge is 0.416 e. The summed E-state index contributed by atoms with van der Waals surface area (Å²) in [6.07, 6.45) is 3.39. The minimum Gasteiger partial charge on any atom is -0.416 e. The average molecular weight is 365 g/mol. The molecule has 2 aromatic rings. The molecular formula is C15H19N5O4S. The lowest BCUT2D eigenvalue weighted by Gasteiger charge is -2.26. The van der Waals surface area contributed by atoms with Crippen molar-refractivity contribution in [2.45, 2.75) is 37.8 Å². The van der Waals surface area contributed by atoms with Crippen molar-refractivity contribution in [2.24, 2.45) is 0 Å². The van der Waals surface area contributed by atoms with E-state index >= 15 is 0 Å². The Balaban J connectivity index is 1.60. The maximum absolute atomic E-state index is 12.1. The molecule has 3 rings (SSSR count). The van der Waals surface area contributed by atoms with Crippen LogP contribution >= 0.6 is 11.8 Å². The van der Waals surface area contributed by atoms with E-state index < -0.39 is 11.2 Å². The van der Waals surface area contributed by atoms with Gasteiger partial charge in [0.05, 0.1) is 12.2 Å². The van der Waals surface area contributed by atoms with Crippen molar-refractivity contribution in [3.8, 4) is 0 Å². The van der Waals surface area contributed by atoms with E-state index in [0.29, 0.717) is 16.5 Å². The summed E-state index contributed by atoms with van der Waals surface area (Å²) in [7, 11) is 0. The molecule has 2 aromatic heterocycles. The first kappa shape index (κ1) is 17.5. The second-order valence-electron chi connectivity index (χ2n) is 5.88. The van der Waals surface area contributed by atoms with Crippen LogP contribution in [0.5, 0.6) is 0 Å². The minimum absolute atomic E-state index is 0.0670. The number of nitrogens with zero attached hydrogens (tertiary/aromatic N) is 3. The highest BCUT2D eigenvalue weighted by atomic mass is 32.2. The van der Waals surface area contributed by atoms with Gasteiger partial charge in [0.1, 0.15) is 0 Å². The van der Waals surface area contributed by atoms with E-state index in [1.54, 1.807) is 6.92 Å². The molecule has 0 saturated carbocycles. The first-order valence-corrected chi connectivity index (χ1v) is 9.06. The molecular weight excluding hydrogens is 346 g/mol. The fourth-order valence-corrected chi connectivity index (χ4v) is 3.40. The van der Waals surface area contributed by atoms with Crippen molar-refractivity contribution >= 4 is 17.7 Å². The molecule has 9 nitrogen and oxygen atoms in total. The van der Waals surface area contributed by atoms with Crippen LogP contribution in [0.2, 0.25) is 0 Å². The van der Waals surface area contributed by atoms with Crippen molar-refractivity contribution in [2.75, 3.05) is 18.8 Å². The number of hydrogen-bond donors (Lipinski definition) is 2. The molecule has 0 aliphatic carbocycles. The van der Waals surface area contributed by atoms with Crippen LogP contribution in [0, 0.1) is 6.92 Å². The Bertz CT molecular complexity index is 865. The summed E-state index contributed by atoms with van der Waals surface area (Å²) >= 11 is 1.19. The van der Waals surface area contributed by atoms with Crippen molar-refractivity contribution in [1.29, 1.82) is 0 Å². The molecule has 25 heavy (non-hydrogen) atoms. The second kappa shape index (κ2) is 7.68. The third kappa shape index (κ3) is 4.38. The Morgan fingerprint density at radius 2 is 1.96 bits per heavy atom. The van der Waals surface area contributed by atoms with Gasteiger partial charge in [-0.1, -0.05) is 11.8 Å². The zero-order chi connectivity index (χ0) is 17.8. The summed E-state index contributed by atoms with van der Waals surface area (Å²) < 4.78 is 5.49. The van der Waals surface area contributed by atoms with Crippen LogP contribution in [0.25, 0.3) is 0 Å². The van der Waals surface area contributed by atoms with Gasteiger partial charge in [-0.2, -0.15) is 0 Å². The van der Waals surface area contributed by atoms with E-state index in [0.717, 1.165) is 25.9 Å². The summed E-state index contributed by atoms with van der Waals surface area (Å²) in [4.78, 5) is 41.7. The quantitative estimate of drug-likeness (QED) is 0.737. The van der Waals surface area contributed by atoms with Crippen molar-refractivity contribution in [3.05, 3.63) is 38.0 Å². The van der Waals surface area contributed by atoms with Crippen LogP contribution in [-0.4, -0.2) is 49.8 Å². The SMILES string of the molecule is Cc1[nH]c(=O)[nH]c(=O)c1Cc1nnc(SCC(=O)N2CCCCC2)o1. The van der Waals surface area contributed by atoms with Gasteiger partial charge in [-0.05, 0) is 26.2 Å². The lowest BCUT2D eigenvalue weighted by Crippen LogP contribution is -2.36. The lowest BCUT2D eigenvalue weighted by molar-refractivity contribution is -0.129. The topological polar surface area (TPSA) is 125 Å². The Kier molecular flexibility index (Phi) is 5.37. The van der Waals surface area contributed by atoms with E-state index in [-0.39, 0.29) is 24.0 Å². The number of nitrogens with one attached hydrogen (secondary N) is 2. The smallest absolute Gasteiger partial charge is 0.325 e. The molecule has 0 unspecified atom stereocenters. The molecule has 1 saturated heterocycles. The molecule has 0 bridgehead atoms. The van der Waals surface area contributed by atoms with Crippen LogP contribution in [-0.2, 0) is 11.2 Å². The molecule has 2 N–H and O–H groups in total. The van der Waals surface area contributed by atoms with E-state index in [9.17, 15) is 14.4 Å². The number of hydrogen-bond acceptors (Lipinski definition) is 7. The molecule has 134 valence electrons. The van der Waals surface area contributed by atoms with Gasteiger partial charge in [0.25, 0.3) is 10.8 Å². The van der Waals surface area contributed by atoms with E-state index in [2.05, 4.69) is 20.2 Å². The van der Waals surface area contributed by atoms with Gasteiger partial charge in [0.2, 0.25) is 11.8 Å². The highest BCUT2D eigenvalue weighted by Gasteiger charge is 2.18. The number of aromatic nitrogens is 4. The van der Waals surface area contributed by atoms with Crippen molar-refractivity contribution in [1.82, 2.24) is 25.1 Å². The van der Waals surface area contributed by atoms with Gasteiger partial charge in [-0.15, -0.1) is 10.2 Å². The summed E-state index contributed by atoms with van der Waals surface area (Å²) in [5, 5.41) is 8.09. The highest BCUT2D eigenvalue weighted by Crippen LogP contribution is 2.19.